The zero-order valence-corrected chi connectivity index (χ0v) is 15.6. The maximum absolute atomic E-state index is 10.8. The molecule has 142 valence electrons. The van der Waals surface area contributed by atoms with Crippen molar-refractivity contribution in [1.82, 2.24) is 0 Å². The van der Waals surface area contributed by atoms with E-state index in [-0.39, 0.29) is 28.9 Å². The Morgan fingerprint density at radius 3 is 1.50 bits per heavy atom. The van der Waals surface area contributed by atoms with Gasteiger partial charge in [-0.05, 0) is 64.4 Å². The van der Waals surface area contributed by atoms with E-state index in [9.17, 15) is 20.4 Å². The average Bonchev–Trinajstić information content (AvgIpc) is 2.67. The molecule has 0 spiro atoms. The number of phenolic OH excluding ortho intramolecular Hbond substituents is 4. The Hall–Kier alpha value is -3.40. The smallest absolute Gasteiger partial charge is 0.120 e. The van der Waals surface area contributed by atoms with E-state index in [2.05, 4.69) is 0 Å². The maximum atomic E-state index is 10.8. The van der Waals surface area contributed by atoms with Crippen molar-refractivity contribution in [3.63, 3.8) is 0 Å². The van der Waals surface area contributed by atoms with Crippen LogP contribution in [-0.4, -0.2) is 20.4 Å². The van der Waals surface area contributed by atoms with Gasteiger partial charge in [-0.3, -0.25) is 0 Å². The van der Waals surface area contributed by atoms with Crippen LogP contribution in [0.3, 0.4) is 0 Å². The molecule has 0 saturated heterocycles. The molecule has 4 heteroatoms. The van der Waals surface area contributed by atoms with Crippen LogP contribution in [0.4, 0.5) is 0 Å². The lowest BCUT2D eigenvalue weighted by Gasteiger charge is -2.23. The van der Waals surface area contributed by atoms with Crippen LogP contribution in [0.25, 0.3) is 21.5 Å². The van der Waals surface area contributed by atoms with E-state index in [0.717, 1.165) is 28.0 Å². The maximum Gasteiger partial charge on any atom is 0.120 e. The molecule has 0 aliphatic heterocycles. The molecule has 0 unspecified atom stereocenters. The highest BCUT2D eigenvalue weighted by Gasteiger charge is 2.25. The fraction of sp³-hybridized carbons (Fsp3) is 0.167. The second-order valence-corrected chi connectivity index (χ2v) is 7.15. The van der Waals surface area contributed by atoms with Crippen molar-refractivity contribution in [2.45, 2.75) is 25.7 Å². The molecule has 28 heavy (non-hydrogen) atoms. The largest absolute Gasteiger partial charge is 0.508 e. The normalized spacial score (nSPS) is 11.5. The number of hydrogen-bond donors (Lipinski definition) is 4. The van der Waals surface area contributed by atoms with Gasteiger partial charge in [0.2, 0.25) is 0 Å². The molecule has 0 radical (unpaired) electrons. The van der Waals surface area contributed by atoms with Crippen molar-refractivity contribution in [2.75, 3.05) is 0 Å². The topological polar surface area (TPSA) is 80.9 Å². The first kappa shape index (κ1) is 18.0. The SMILES string of the molecule is CCCC(c1c(O)ccc2ccc(O)cc12)c1c(O)ccc2ccc(O)cc12. The number of phenols is 4. The molecule has 0 atom stereocenters. The highest BCUT2D eigenvalue weighted by Crippen LogP contribution is 2.46. The molecule has 4 N–H and O–H groups in total. The highest BCUT2D eigenvalue weighted by molar-refractivity contribution is 5.93. The molecule has 0 fully saturated rings. The van der Waals surface area contributed by atoms with Gasteiger partial charge in [-0.25, -0.2) is 0 Å². The van der Waals surface area contributed by atoms with Crippen molar-refractivity contribution in [1.29, 1.82) is 0 Å². The van der Waals surface area contributed by atoms with Gasteiger partial charge in [0.25, 0.3) is 0 Å². The standard InChI is InChI=1S/C24H22O4/c1-2-3-18(23-19-12-16(25)8-4-14(19)6-10-21(23)27)24-20-13-17(26)9-5-15(20)7-11-22(24)28/h4-13,18,25-28H,2-3H2,1H3. The molecule has 0 heterocycles. The second kappa shape index (κ2) is 6.97. The lowest BCUT2D eigenvalue weighted by Crippen LogP contribution is -2.04. The fourth-order valence-corrected chi connectivity index (χ4v) is 4.09. The number of rotatable bonds is 4. The van der Waals surface area contributed by atoms with E-state index >= 15 is 0 Å². The van der Waals surface area contributed by atoms with E-state index in [1.54, 1.807) is 36.4 Å². The molecule has 0 aliphatic carbocycles. The summed E-state index contributed by atoms with van der Waals surface area (Å²) < 4.78 is 0. The molecule has 4 rings (SSSR count). The van der Waals surface area contributed by atoms with Gasteiger partial charge < -0.3 is 20.4 Å². The van der Waals surface area contributed by atoms with Crippen LogP contribution >= 0.6 is 0 Å². The van der Waals surface area contributed by atoms with Gasteiger partial charge in [-0.15, -0.1) is 0 Å². The van der Waals surface area contributed by atoms with Crippen LogP contribution in [0, 0.1) is 0 Å². The lowest BCUT2D eigenvalue weighted by molar-refractivity contribution is 0.452. The Balaban J connectivity index is 2.08. The molecular formula is C24H22O4. The van der Waals surface area contributed by atoms with Gasteiger partial charge in [0.1, 0.15) is 23.0 Å². The Kier molecular flexibility index (Phi) is 4.47. The first-order chi connectivity index (χ1) is 13.5. The summed E-state index contributed by atoms with van der Waals surface area (Å²) in [5.74, 6) is 0.172. The molecule has 4 aromatic carbocycles. The number of hydrogen-bond acceptors (Lipinski definition) is 4. The van der Waals surface area contributed by atoms with Crippen LogP contribution in [0.5, 0.6) is 23.0 Å². The predicted octanol–water partition coefficient (Wildman–Crippen LogP) is 5.75. The van der Waals surface area contributed by atoms with Crippen LogP contribution in [0.15, 0.2) is 60.7 Å². The summed E-state index contributed by atoms with van der Waals surface area (Å²) in [4.78, 5) is 0. The summed E-state index contributed by atoms with van der Waals surface area (Å²) in [5, 5.41) is 44.9. The Morgan fingerprint density at radius 2 is 1.07 bits per heavy atom. The fourth-order valence-electron chi connectivity index (χ4n) is 4.09. The van der Waals surface area contributed by atoms with Crippen LogP contribution in [-0.2, 0) is 0 Å². The lowest BCUT2D eigenvalue weighted by atomic mass is 9.81. The van der Waals surface area contributed by atoms with Crippen molar-refractivity contribution >= 4 is 21.5 Å². The van der Waals surface area contributed by atoms with Crippen molar-refractivity contribution in [2.24, 2.45) is 0 Å². The molecule has 0 aromatic heterocycles. The Labute approximate surface area is 162 Å². The first-order valence-electron chi connectivity index (χ1n) is 9.38. The van der Waals surface area contributed by atoms with E-state index in [0.29, 0.717) is 17.5 Å². The molecular weight excluding hydrogens is 352 g/mol. The van der Waals surface area contributed by atoms with Gasteiger partial charge in [0, 0.05) is 17.0 Å². The molecule has 0 amide bonds. The monoisotopic (exact) mass is 374 g/mol. The van der Waals surface area contributed by atoms with E-state index in [1.807, 2.05) is 31.2 Å². The molecule has 0 bridgehead atoms. The zero-order chi connectivity index (χ0) is 19.8. The van der Waals surface area contributed by atoms with Crippen LogP contribution in [0.2, 0.25) is 0 Å². The van der Waals surface area contributed by atoms with E-state index < -0.39 is 0 Å². The minimum Gasteiger partial charge on any atom is -0.508 e. The van der Waals surface area contributed by atoms with Gasteiger partial charge in [-0.1, -0.05) is 37.6 Å². The quantitative estimate of drug-likeness (QED) is 0.367. The number of fused-ring (bicyclic) bond motifs is 2. The van der Waals surface area contributed by atoms with Crippen molar-refractivity contribution in [3.05, 3.63) is 71.8 Å². The van der Waals surface area contributed by atoms with Crippen molar-refractivity contribution < 1.29 is 20.4 Å². The van der Waals surface area contributed by atoms with Gasteiger partial charge in [-0.2, -0.15) is 0 Å². The molecule has 4 nitrogen and oxygen atoms in total. The molecule has 0 aliphatic rings. The number of benzene rings is 4. The zero-order valence-electron chi connectivity index (χ0n) is 15.6. The van der Waals surface area contributed by atoms with E-state index in [4.69, 9.17) is 0 Å². The Bertz CT molecular complexity index is 1080. The van der Waals surface area contributed by atoms with Crippen LogP contribution < -0.4 is 0 Å². The summed E-state index contributed by atoms with van der Waals surface area (Å²) in [6.07, 6.45) is 1.51. The summed E-state index contributed by atoms with van der Waals surface area (Å²) in [5.41, 5.74) is 1.34. The van der Waals surface area contributed by atoms with Crippen molar-refractivity contribution in [3.8, 4) is 23.0 Å². The van der Waals surface area contributed by atoms with Gasteiger partial charge in [0.15, 0.2) is 0 Å². The molecule has 4 aromatic rings. The van der Waals surface area contributed by atoms with Gasteiger partial charge in [0.05, 0.1) is 0 Å². The minimum atomic E-state index is -0.305. The van der Waals surface area contributed by atoms with Gasteiger partial charge >= 0.3 is 0 Å². The first-order valence-corrected chi connectivity index (χ1v) is 9.38. The number of aromatic hydroxyl groups is 4. The van der Waals surface area contributed by atoms with Crippen LogP contribution in [0.1, 0.15) is 36.8 Å². The third-order valence-electron chi connectivity index (χ3n) is 5.32. The Morgan fingerprint density at radius 1 is 0.643 bits per heavy atom. The third-order valence-corrected chi connectivity index (χ3v) is 5.32. The van der Waals surface area contributed by atoms with E-state index in [1.165, 1.54) is 0 Å². The summed E-state index contributed by atoms with van der Waals surface area (Å²) in [7, 11) is 0. The average molecular weight is 374 g/mol. The predicted molar refractivity (Wildman–Crippen MR) is 111 cm³/mol. The summed E-state index contributed by atoms with van der Waals surface area (Å²) in [6, 6.07) is 17.1. The molecule has 0 saturated carbocycles. The highest BCUT2D eigenvalue weighted by atomic mass is 16.3. The summed E-state index contributed by atoms with van der Waals surface area (Å²) in [6.45, 7) is 2.05. The third kappa shape index (κ3) is 2.97. The minimum absolute atomic E-state index is 0.119. The summed E-state index contributed by atoms with van der Waals surface area (Å²) >= 11 is 0. The second-order valence-electron chi connectivity index (χ2n) is 7.15.